The molecule has 26 heavy (non-hydrogen) atoms. The van der Waals surface area contributed by atoms with Crippen LogP contribution in [-0.2, 0) is 4.79 Å². The highest BCUT2D eigenvalue weighted by Gasteiger charge is 2.30. The second kappa shape index (κ2) is 5.83. The standard InChI is InChI=1S/C18H16N4O4/c1-3-10-12-7-14-15(8-13(12)21-18(10)23)20-17(19-14)11-5-4-9(22(24)25)6-16(11)26-2/h4-8,10H,3H2,1-2H3,(H,19,20)(H,21,23). The number of non-ortho nitro benzene ring substituents is 1. The Morgan fingerprint density at radius 1 is 1.31 bits per heavy atom. The molecular formula is C18H16N4O4. The lowest BCUT2D eigenvalue weighted by atomic mass is 9.98. The SMILES string of the molecule is CCC1C(=O)Nc2cc3[nH]c(-c4ccc([N+](=O)[O-])cc4OC)nc3cc21. The van der Waals surface area contributed by atoms with Crippen LogP contribution < -0.4 is 10.1 Å². The second-order valence-corrected chi connectivity index (χ2v) is 6.13. The molecule has 0 fully saturated rings. The molecule has 2 aromatic carbocycles. The van der Waals surface area contributed by atoms with E-state index in [0.29, 0.717) is 17.1 Å². The van der Waals surface area contributed by atoms with E-state index in [9.17, 15) is 14.9 Å². The van der Waals surface area contributed by atoms with Crippen molar-refractivity contribution in [2.45, 2.75) is 19.3 Å². The van der Waals surface area contributed by atoms with Gasteiger partial charge in [-0.05, 0) is 30.2 Å². The van der Waals surface area contributed by atoms with Gasteiger partial charge >= 0.3 is 0 Å². The molecule has 8 heteroatoms. The Kier molecular flexibility index (Phi) is 3.61. The van der Waals surface area contributed by atoms with Crippen molar-refractivity contribution in [1.29, 1.82) is 0 Å². The first-order chi connectivity index (χ1) is 12.5. The van der Waals surface area contributed by atoms with Crippen LogP contribution in [0.3, 0.4) is 0 Å². The molecule has 8 nitrogen and oxygen atoms in total. The van der Waals surface area contributed by atoms with Gasteiger partial charge in [0.15, 0.2) is 0 Å². The molecule has 1 aliphatic heterocycles. The first-order valence-electron chi connectivity index (χ1n) is 8.19. The Morgan fingerprint density at radius 2 is 2.12 bits per heavy atom. The number of fused-ring (bicyclic) bond motifs is 2. The van der Waals surface area contributed by atoms with Gasteiger partial charge in [-0.1, -0.05) is 6.92 Å². The first-order valence-corrected chi connectivity index (χ1v) is 8.19. The maximum absolute atomic E-state index is 12.0. The number of hydrogen-bond donors (Lipinski definition) is 2. The molecule has 1 amide bonds. The van der Waals surface area contributed by atoms with E-state index in [2.05, 4.69) is 15.3 Å². The first kappa shape index (κ1) is 16.1. The van der Waals surface area contributed by atoms with Crippen LogP contribution in [0.4, 0.5) is 11.4 Å². The number of aromatic amines is 1. The maximum atomic E-state index is 12.0. The second-order valence-electron chi connectivity index (χ2n) is 6.13. The van der Waals surface area contributed by atoms with Crippen LogP contribution in [0, 0.1) is 10.1 Å². The Balaban J connectivity index is 1.82. The number of benzene rings is 2. The lowest BCUT2D eigenvalue weighted by Crippen LogP contribution is -2.10. The van der Waals surface area contributed by atoms with E-state index < -0.39 is 4.92 Å². The predicted molar refractivity (Wildman–Crippen MR) is 96.4 cm³/mol. The molecule has 0 bridgehead atoms. The molecule has 3 aromatic rings. The van der Waals surface area contributed by atoms with E-state index >= 15 is 0 Å². The lowest BCUT2D eigenvalue weighted by Gasteiger charge is -2.05. The monoisotopic (exact) mass is 352 g/mol. The van der Waals surface area contributed by atoms with Crippen molar-refractivity contribution in [2.24, 2.45) is 0 Å². The Morgan fingerprint density at radius 3 is 2.81 bits per heavy atom. The van der Waals surface area contributed by atoms with E-state index in [1.807, 2.05) is 19.1 Å². The summed E-state index contributed by atoms with van der Waals surface area (Å²) < 4.78 is 5.29. The van der Waals surface area contributed by atoms with E-state index in [-0.39, 0.29) is 17.5 Å². The molecular weight excluding hydrogens is 336 g/mol. The number of anilines is 1. The molecule has 2 heterocycles. The van der Waals surface area contributed by atoms with Crippen molar-refractivity contribution in [3.63, 3.8) is 0 Å². The Hall–Kier alpha value is -3.42. The van der Waals surface area contributed by atoms with Gasteiger partial charge in [-0.2, -0.15) is 0 Å². The number of nitrogens with zero attached hydrogens (tertiary/aromatic N) is 2. The van der Waals surface area contributed by atoms with Crippen molar-refractivity contribution in [3.8, 4) is 17.1 Å². The number of H-pyrrole nitrogens is 1. The third-order valence-corrected chi connectivity index (χ3v) is 4.66. The zero-order valence-corrected chi connectivity index (χ0v) is 14.2. The molecule has 0 saturated carbocycles. The van der Waals surface area contributed by atoms with Crippen LogP contribution in [0.1, 0.15) is 24.8 Å². The predicted octanol–water partition coefficient (Wildman–Crippen LogP) is 3.59. The normalized spacial score (nSPS) is 15.8. The number of hydrogen-bond acceptors (Lipinski definition) is 5. The number of methoxy groups -OCH3 is 1. The molecule has 2 N–H and O–H groups in total. The number of imidazole rings is 1. The minimum atomic E-state index is -0.469. The van der Waals surface area contributed by atoms with Gasteiger partial charge in [0.05, 0.1) is 40.6 Å². The van der Waals surface area contributed by atoms with Gasteiger partial charge < -0.3 is 15.0 Å². The van der Waals surface area contributed by atoms with Crippen molar-refractivity contribution in [2.75, 3.05) is 12.4 Å². The minimum Gasteiger partial charge on any atom is -0.496 e. The van der Waals surface area contributed by atoms with Gasteiger partial charge in [-0.25, -0.2) is 4.98 Å². The Bertz CT molecular complexity index is 1060. The van der Waals surface area contributed by atoms with Gasteiger partial charge in [-0.3, -0.25) is 14.9 Å². The number of ether oxygens (including phenoxy) is 1. The lowest BCUT2D eigenvalue weighted by molar-refractivity contribution is -0.384. The fourth-order valence-electron chi connectivity index (χ4n) is 3.35. The number of carbonyl (C=O) groups excluding carboxylic acids is 1. The fraction of sp³-hybridized carbons (Fsp3) is 0.222. The summed E-state index contributed by atoms with van der Waals surface area (Å²) in [5.41, 5.74) is 3.82. The number of nitrogens with one attached hydrogen (secondary N) is 2. The molecule has 1 aromatic heterocycles. The van der Waals surface area contributed by atoms with Crippen LogP contribution >= 0.6 is 0 Å². The smallest absolute Gasteiger partial charge is 0.273 e. The number of aromatic nitrogens is 2. The van der Waals surface area contributed by atoms with Crippen LogP contribution in [-0.4, -0.2) is 27.9 Å². The summed E-state index contributed by atoms with van der Waals surface area (Å²) >= 11 is 0. The summed E-state index contributed by atoms with van der Waals surface area (Å²) in [6, 6.07) is 8.17. The van der Waals surface area contributed by atoms with E-state index in [1.165, 1.54) is 19.2 Å². The molecule has 0 spiro atoms. The number of nitro benzene ring substituents is 1. The van der Waals surface area contributed by atoms with Crippen molar-refractivity contribution in [1.82, 2.24) is 9.97 Å². The maximum Gasteiger partial charge on any atom is 0.273 e. The summed E-state index contributed by atoms with van der Waals surface area (Å²) in [5.74, 6) is 0.760. The van der Waals surface area contributed by atoms with E-state index in [4.69, 9.17) is 4.74 Å². The highest BCUT2D eigenvalue weighted by Crippen LogP contribution is 2.38. The largest absolute Gasteiger partial charge is 0.496 e. The van der Waals surface area contributed by atoms with Gasteiger partial charge in [0.25, 0.3) is 5.69 Å². The molecule has 0 saturated heterocycles. The quantitative estimate of drug-likeness (QED) is 0.551. The summed E-state index contributed by atoms with van der Waals surface area (Å²) in [6.07, 6.45) is 0.720. The topological polar surface area (TPSA) is 110 Å². The number of amides is 1. The highest BCUT2D eigenvalue weighted by molar-refractivity contribution is 6.05. The van der Waals surface area contributed by atoms with Gasteiger partial charge in [0.2, 0.25) is 5.91 Å². The molecule has 1 aliphatic rings. The summed E-state index contributed by atoms with van der Waals surface area (Å²) in [4.78, 5) is 30.3. The molecule has 1 atom stereocenters. The zero-order valence-electron chi connectivity index (χ0n) is 14.2. The average molecular weight is 352 g/mol. The summed E-state index contributed by atoms with van der Waals surface area (Å²) in [7, 11) is 1.46. The van der Waals surface area contributed by atoms with Crippen LogP contribution in [0.2, 0.25) is 0 Å². The summed E-state index contributed by atoms with van der Waals surface area (Å²) in [5, 5.41) is 13.8. The molecule has 4 rings (SSSR count). The van der Waals surface area contributed by atoms with Crippen molar-refractivity contribution in [3.05, 3.63) is 46.0 Å². The molecule has 0 radical (unpaired) electrons. The van der Waals surface area contributed by atoms with Gasteiger partial charge in [-0.15, -0.1) is 0 Å². The number of carbonyl (C=O) groups is 1. The average Bonchev–Trinajstić information content (AvgIpc) is 3.17. The van der Waals surface area contributed by atoms with Crippen molar-refractivity contribution >= 4 is 28.3 Å². The van der Waals surface area contributed by atoms with Gasteiger partial charge in [0.1, 0.15) is 11.6 Å². The summed E-state index contributed by atoms with van der Waals surface area (Å²) in [6.45, 7) is 1.97. The fourth-order valence-corrected chi connectivity index (χ4v) is 3.35. The van der Waals surface area contributed by atoms with Crippen molar-refractivity contribution < 1.29 is 14.5 Å². The zero-order chi connectivity index (χ0) is 18.4. The molecule has 0 aliphatic carbocycles. The highest BCUT2D eigenvalue weighted by atomic mass is 16.6. The van der Waals surface area contributed by atoms with E-state index in [1.54, 1.807) is 6.07 Å². The molecule has 132 valence electrons. The number of rotatable bonds is 4. The number of nitro groups is 1. The third kappa shape index (κ3) is 2.38. The van der Waals surface area contributed by atoms with E-state index in [0.717, 1.165) is 28.7 Å². The molecule has 1 unspecified atom stereocenters. The van der Waals surface area contributed by atoms with Crippen LogP contribution in [0.15, 0.2) is 30.3 Å². The third-order valence-electron chi connectivity index (χ3n) is 4.66. The van der Waals surface area contributed by atoms with Crippen LogP contribution in [0.5, 0.6) is 5.75 Å². The minimum absolute atomic E-state index is 0.00687. The van der Waals surface area contributed by atoms with Gasteiger partial charge in [0, 0.05) is 11.8 Å². The van der Waals surface area contributed by atoms with Crippen LogP contribution in [0.25, 0.3) is 22.4 Å². The Labute approximate surface area is 148 Å².